The van der Waals surface area contributed by atoms with Gasteiger partial charge in [-0.3, -0.25) is 4.98 Å². The van der Waals surface area contributed by atoms with Gasteiger partial charge in [0.25, 0.3) is 0 Å². The zero-order valence-corrected chi connectivity index (χ0v) is 16.1. The van der Waals surface area contributed by atoms with Crippen LogP contribution in [0.1, 0.15) is 31.2 Å². The van der Waals surface area contributed by atoms with Crippen LogP contribution < -0.4 is 4.74 Å². The van der Waals surface area contributed by atoms with Crippen LogP contribution in [0.5, 0.6) is 5.75 Å². The van der Waals surface area contributed by atoms with Crippen molar-refractivity contribution >= 4 is 21.6 Å². The van der Waals surface area contributed by atoms with Crippen LogP contribution in [0.25, 0.3) is 0 Å². The van der Waals surface area contributed by atoms with Crippen molar-refractivity contribution in [1.82, 2.24) is 9.29 Å². The molecule has 0 saturated carbocycles. The van der Waals surface area contributed by atoms with E-state index < -0.39 is 10.0 Å². The van der Waals surface area contributed by atoms with E-state index in [1.165, 1.54) is 0 Å². The van der Waals surface area contributed by atoms with Crippen LogP contribution >= 0.6 is 11.6 Å². The van der Waals surface area contributed by atoms with Crippen molar-refractivity contribution in [2.75, 3.05) is 0 Å². The summed E-state index contributed by atoms with van der Waals surface area (Å²) in [6.45, 7) is 1.76. The van der Waals surface area contributed by atoms with Crippen molar-refractivity contribution in [1.29, 1.82) is 0 Å². The van der Waals surface area contributed by atoms with Gasteiger partial charge in [-0.25, -0.2) is 8.42 Å². The maximum Gasteiger partial charge on any atom is 0.243 e. The van der Waals surface area contributed by atoms with Crippen LogP contribution in [0.2, 0.25) is 5.02 Å². The Morgan fingerprint density at radius 3 is 2.54 bits per heavy atom. The minimum absolute atomic E-state index is 0.0172. The molecule has 26 heavy (non-hydrogen) atoms. The van der Waals surface area contributed by atoms with E-state index in [4.69, 9.17) is 16.3 Å². The first kappa shape index (κ1) is 17.8. The van der Waals surface area contributed by atoms with Gasteiger partial charge in [-0.15, -0.1) is 0 Å². The summed E-state index contributed by atoms with van der Waals surface area (Å²) in [7, 11) is -3.57. The molecular weight excluding hydrogens is 372 g/mol. The molecule has 2 fully saturated rings. The van der Waals surface area contributed by atoms with Gasteiger partial charge in [0.15, 0.2) is 0 Å². The lowest BCUT2D eigenvalue weighted by Crippen LogP contribution is -2.49. The van der Waals surface area contributed by atoms with Crippen LogP contribution in [0, 0.1) is 6.92 Å². The molecule has 0 N–H and O–H groups in total. The Hall–Kier alpha value is -1.63. The highest BCUT2D eigenvalue weighted by atomic mass is 35.5. The number of hydrogen-bond donors (Lipinski definition) is 0. The third-order valence-electron chi connectivity index (χ3n) is 5.33. The minimum Gasteiger partial charge on any atom is -0.489 e. The lowest BCUT2D eigenvalue weighted by Gasteiger charge is -2.38. The molecule has 2 unspecified atom stereocenters. The largest absolute Gasteiger partial charge is 0.489 e. The number of halogens is 1. The van der Waals surface area contributed by atoms with Crippen molar-refractivity contribution in [3.63, 3.8) is 0 Å². The second-order valence-electron chi connectivity index (χ2n) is 6.98. The highest BCUT2D eigenvalue weighted by molar-refractivity contribution is 7.89. The van der Waals surface area contributed by atoms with Crippen LogP contribution in [-0.4, -0.2) is 35.9 Å². The van der Waals surface area contributed by atoms with Gasteiger partial charge in [-0.2, -0.15) is 4.31 Å². The van der Waals surface area contributed by atoms with Crippen LogP contribution in [0.3, 0.4) is 0 Å². The molecule has 2 aromatic rings. The van der Waals surface area contributed by atoms with E-state index in [1.807, 2.05) is 12.1 Å². The monoisotopic (exact) mass is 392 g/mol. The van der Waals surface area contributed by atoms with E-state index in [2.05, 4.69) is 4.98 Å². The van der Waals surface area contributed by atoms with Gasteiger partial charge in [0.2, 0.25) is 10.0 Å². The first-order valence-electron chi connectivity index (χ1n) is 8.82. The van der Waals surface area contributed by atoms with Crippen LogP contribution in [0.15, 0.2) is 47.6 Å². The van der Waals surface area contributed by atoms with Gasteiger partial charge in [-0.1, -0.05) is 17.7 Å². The smallest absolute Gasteiger partial charge is 0.243 e. The molecule has 2 bridgehead atoms. The van der Waals surface area contributed by atoms with Crippen LogP contribution in [-0.2, 0) is 10.0 Å². The van der Waals surface area contributed by atoms with Gasteiger partial charge in [0, 0.05) is 36.1 Å². The number of piperidine rings is 1. The molecule has 1 aromatic heterocycles. The van der Waals surface area contributed by atoms with Crippen molar-refractivity contribution in [2.24, 2.45) is 0 Å². The molecule has 2 atom stereocenters. The highest BCUT2D eigenvalue weighted by Gasteiger charge is 2.48. The molecule has 0 aliphatic carbocycles. The number of sulfonamides is 1. The lowest BCUT2D eigenvalue weighted by molar-refractivity contribution is 0.0953. The van der Waals surface area contributed by atoms with E-state index in [9.17, 15) is 8.42 Å². The maximum atomic E-state index is 13.3. The zero-order chi connectivity index (χ0) is 18.3. The summed E-state index contributed by atoms with van der Waals surface area (Å²) < 4.78 is 34.3. The normalized spacial score (nSPS) is 26.0. The molecule has 138 valence electrons. The number of pyridine rings is 1. The van der Waals surface area contributed by atoms with Crippen molar-refractivity contribution in [2.45, 2.75) is 55.7 Å². The van der Waals surface area contributed by atoms with Gasteiger partial charge in [-0.05, 0) is 49.6 Å². The molecule has 1 aromatic carbocycles. The van der Waals surface area contributed by atoms with Gasteiger partial charge in [0.1, 0.15) is 11.9 Å². The molecule has 3 heterocycles. The van der Waals surface area contributed by atoms with E-state index in [1.54, 1.807) is 41.8 Å². The molecule has 7 heteroatoms. The summed E-state index contributed by atoms with van der Waals surface area (Å²) in [5, 5.41) is 0.480. The molecule has 5 nitrogen and oxygen atoms in total. The number of benzene rings is 1. The molecule has 0 amide bonds. The molecule has 0 radical (unpaired) electrons. The lowest BCUT2D eigenvalue weighted by atomic mass is 10.0. The summed E-state index contributed by atoms with van der Waals surface area (Å²) in [4.78, 5) is 4.39. The van der Waals surface area contributed by atoms with Crippen molar-refractivity contribution in [3.8, 4) is 5.75 Å². The molecule has 2 aliphatic rings. The number of hydrogen-bond acceptors (Lipinski definition) is 4. The molecule has 2 saturated heterocycles. The Morgan fingerprint density at radius 2 is 1.88 bits per heavy atom. The zero-order valence-electron chi connectivity index (χ0n) is 14.5. The summed E-state index contributed by atoms with van der Waals surface area (Å²) >= 11 is 6.15. The van der Waals surface area contributed by atoms with Crippen molar-refractivity contribution in [3.05, 3.63) is 53.3 Å². The third kappa shape index (κ3) is 3.10. The van der Waals surface area contributed by atoms with Crippen LogP contribution in [0.4, 0.5) is 0 Å². The Labute approximate surface area is 159 Å². The predicted octanol–water partition coefficient (Wildman–Crippen LogP) is 3.81. The number of fused-ring (bicyclic) bond motifs is 2. The van der Waals surface area contributed by atoms with Crippen molar-refractivity contribution < 1.29 is 13.2 Å². The highest BCUT2D eigenvalue weighted by Crippen LogP contribution is 2.41. The fraction of sp³-hybridized carbons (Fsp3) is 0.421. The average Bonchev–Trinajstić information content (AvgIpc) is 2.90. The standard InChI is InChI=1S/C19H21ClN2O3S/c1-13-18(20)5-2-6-19(13)26(23,24)22-14-7-8-15(22)11-17(10-14)25-16-4-3-9-21-12-16/h2-6,9,12,14-15,17H,7-8,10-11H2,1H3. The molecule has 2 aliphatic heterocycles. The topological polar surface area (TPSA) is 59.5 Å². The fourth-order valence-electron chi connectivity index (χ4n) is 4.16. The first-order chi connectivity index (χ1) is 12.5. The van der Waals surface area contributed by atoms with E-state index in [0.717, 1.165) is 18.6 Å². The molecular formula is C19H21ClN2O3S. The molecule has 4 rings (SSSR count). The van der Waals surface area contributed by atoms with E-state index >= 15 is 0 Å². The summed E-state index contributed by atoms with van der Waals surface area (Å²) in [6.07, 6.45) is 6.56. The Balaban J connectivity index is 1.57. The second-order valence-corrected chi connectivity index (χ2v) is 9.20. The van der Waals surface area contributed by atoms with Gasteiger partial charge < -0.3 is 4.74 Å². The Bertz CT molecular complexity index is 890. The summed E-state index contributed by atoms with van der Waals surface area (Å²) in [5.74, 6) is 0.735. The van der Waals surface area contributed by atoms with Gasteiger partial charge >= 0.3 is 0 Å². The number of nitrogens with zero attached hydrogens (tertiary/aromatic N) is 2. The second kappa shape index (κ2) is 6.83. The maximum absolute atomic E-state index is 13.3. The predicted molar refractivity (Wildman–Crippen MR) is 99.9 cm³/mol. The minimum atomic E-state index is -3.57. The Morgan fingerprint density at radius 1 is 1.15 bits per heavy atom. The van der Waals surface area contributed by atoms with E-state index in [-0.39, 0.29) is 18.2 Å². The van der Waals surface area contributed by atoms with E-state index in [0.29, 0.717) is 28.3 Å². The quantitative estimate of drug-likeness (QED) is 0.793. The number of rotatable bonds is 4. The third-order valence-corrected chi connectivity index (χ3v) is 7.89. The summed E-state index contributed by atoms with van der Waals surface area (Å²) in [5.41, 5.74) is 0.613. The number of aromatic nitrogens is 1. The van der Waals surface area contributed by atoms with Gasteiger partial charge in [0.05, 0.1) is 11.1 Å². The molecule has 0 spiro atoms. The SMILES string of the molecule is Cc1c(Cl)cccc1S(=O)(=O)N1C2CCC1CC(Oc1cccnc1)C2. The summed E-state index contributed by atoms with van der Waals surface area (Å²) in [6, 6.07) is 8.73. The number of ether oxygens (including phenoxy) is 1. The average molecular weight is 393 g/mol. The Kier molecular flexibility index (Phi) is 4.67. The fourth-order valence-corrected chi connectivity index (χ4v) is 6.54. The first-order valence-corrected chi connectivity index (χ1v) is 10.6.